The lowest BCUT2D eigenvalue weighted by Gasteiger charge is -2.14. The van der Waals surface area contributed by atoms with E-state index in [1.54, 1.807) is 25.4 Å². The molecule has 2 nitrogen and oxygen atoms in total. The molecule has 0 radical (unpaired) electrons. The normalized spacial score (nSPS) is 12.7. The molecule has 1 atom stereocenters. The molecule has 5 heteroatoms. The Balaban J connectivity index is 2.40. The Hall–Kier alpha value is -0.970. The predicted molar refractivity (Wildman–Crippen MR) is 64.4 cm³/mol. The maximum atomic E-state index is 13.6. The van der Waals surface area contributed by atoms with Crippen LogP contribution in [0.15, 0.2) is 30.5 Å². The molecule has 0 saturated carbocycles. The van der Waals surface area contributed by atoms with Crippen molar-refractivity contribution in [3.8, 4) is 0 Å². The monoisotopic (exact) mass is 256 g/mol. The standard InChI is InChI=1S/C11H10ClFN2S/c1-14-11(8-4-5-9(12)16-8)10-7(13)3-2-6-15-10/h2-6,11,14H,1H3. The summed E-state index contributed by atoms with van der Waals surface area (Å²) in [5, 5.41) is 3.04. The van der Waals surface area contributed by atoms with Crippen molar-refractivity contribution < 1.29 is 4.39 Å². The number of hydrogen-bond acceptors (Lipinski definition) is 3. The highest BCUT2D eigenvalue weighted by Gasteiger charge is 2.18. The summed E-state index contributed by atoms with van der Waals surface area (Å²) in [5.41, 5.74) is 0.392. The molecule has 84 valence electrons. The van der Waals surface area contributed by atoms with E-state index < -0.39 is 0 Å². The molecule has 1 N–H and O–H groups in total. The fraction of sp³-hybridized carbons (Fsp3) is 0.182. The molecule has 1 unspecified atom stereocenters. The van der Waals surface area contributed by atoms with E-state index in [9.17, 15) is 4.39 Å². The van der Waals surface area contributed by atoms with Crippen LogP contribution in [-0.2, 0) is 0 Å². The first-order chi connectivity index (χ1) is 7.72. The maximum Gasteiger partial charge on any atom is 0.146 e. The van der Waals surface area contributed by atoms with Crippen molar-refractivity contribution in [3.63, 3.8) is 0 Å². The second kappa shape index (κ2) is 4.91. The first kappa shape index (κ1) is 11.5. The fourth-order valence-corrected chi connectivity index (χ4v) is 2.68. The number of thiophene rings is 1. The van der Waals surface area contributed by atoms with E-state index in [0.717, 1.165) is 4.88 Å². The van der Waals surface area contributed by atoms with Crippen molar-refractivity contribution in [2.75, 3.05) is 7.05 Å². The van der Waals surface area contributed by atoms with Gasteiger partial charge in [-0.15, -0.1) is 11.3 Å². The summed E-state index contributed by atoms with van der Waals surface area (Å²) in [6, 6.07) is 6.41. The van der Waals surface area contributed by atoms with Gasteiger partial charge >= 0.3 is 0 Å². The third-order valence-corrected chi connectivity index (χ3v) is 3.52. The van der Waals surface area contributed by atoms with Gasteiger partial charge in [0.2, 0.25) is 0 Å². The quantitative estimate of drug-likeness (QED) is 0.912. The Kier molecular flexibility index (Phi) is 3.53. The van der Waals surface area contributed by atoms with Crippen molar-refractivity contribution in [1.82, 2.24) is 10.3 Å². The van der Waals surface area contributed by atoms with Gasteiger partial charge in [-0.1, -0.05) is 11.6 Å². The lowest BCUT2D eigenvalue weighted by Crippen LogP contribution is -2.19. The minimum atomic E-state index is -0.314. The topological polar surface area (TPSA) is 24.9 Å². The number of rotatable bonds is 3. The van der Waals surface area contributed by atoms with Crippen LogP contribution in [-0.4, -0.2) is 12.0 Å². The Morgan fingerprint density at radius 1 is 1.44 bits per heavy atom. The summed E-state index contributed by atoms with van der Waals surface area (Å²) >= 11 is 7.29. The number of halogens is 2. The SMILES string of the molecule is CNC(c1ccc(Cl)s1)c1ncccc1F. The van der Waals surface area contributed by atoms with Crippen LogP contribution < -0.4 is 5.32 Å². The van der Waals surface area contributed by atoms with Gasteiger partial charge in [-0.3, -0.25) is 4.98 Å². The molecule has 0 bridgehead atoms. The summed E-state index contributed by atoms with van der Waals surface area (Å²) in [5.74, 6) is -0.314. The van der Waals surface area contributed by atoms with Gasteiger partial charge in [0, 0.05) is 11.1 Å². The predicted octanol–water partition coefficient (Wildman–Crippen LogP) is 3.24. The van der Waals surface area contributed by atoms with Crippen molar-refractivity contribution in [2.24, 2.45) is 0 Å². The summed E-state index contributed by atoms with van der Waals surface area (Å²) in [6.07, 6.45) is 1.58. The van der Waals surface area contributed by atoms with Crippen LogP contribution in [0.2, 0.25) is 4.34 Å². The molecule has 0 aliphatic heterocycles. The highest BCUT2D eigenvalue weighted by molar-refractivity contribution is 7.16. The number of nitrogens with one attached hydrogen (secondary N) is 1. The Bertz CT molecular complexity index is 486. The van der Waals surface area contributed by atoms with Gasteiger partial charge in [-0.05, 0) is 31.3 Å². The van der Waals surface area contributed by atoms with Crippen molar-refractivity contribution in [1.29, 1.82) is 0 Å². The zero-order chi connectivity index (χ0) is 11.5. The van der Waals surface area contributed by atoms with Crippen LogP contribution in [0.4, 0.5) is 4.39 Å². The van der Waals surface area contributed by atoms with Gasteiger partial charge < -0.3 is 5.32 Å². The van der Waals surface area contributed by atoms with Crippen LogP contribution in [0.1, 0.15) is 16.6 Å². The van der Waals surface area contributed by atoms with Gasteiger partial charge in [-0.2, -0.15) is 0 Å². The summed E-state index contributed by atoms with van der Waals surface area (Å²) in [4.78, 5) is 5.01. The average Bonchev–Trinajstić information content (AvgIpc) is 2.69. The third-order valence-electron chi connectivity index (χ3n) is 2.23. The average molecular weight is 257 g/mol. The number of aromatic nitrogens is 1. The van der Waals surface area contributed by atoms with Crippen LogP contribution in [0.5, 0.6) is 0 Å². The van der Waals surface area contributed by atoms with Gasteiger partial charge in [0.1, 0.15) is 5.82 Å². The van der Waals surface area contributed by atoms with Crippen molar-refractivity contribution >= 4 is 22.9 Å². The van der Waals surface area contributed by atoms with Crippen LogP contribution in [0.25, 0.3) is 0 Å². The summed E-state index contributed by atoms with van der Waals surface area (Å²) < 4.78 is 14.3. The zero-order valence-electron chi connectivity index (χ0n) is 8.58. The van der Waals surface area contributed by atoms with Crippen LogP contribution in [0, 0.1) is 5.82 Å². The highest BCUT2D eigenvalue weighted by Crippen LogP contribution is 2.30. The van der Waals surface area contributed by atoms with E-state index in [4.69, 9.17) is 11.6 Å². The Labute approximate surface area is 102 Å². The largest absolute Gasteiger partial charge is 0.307 e. The van der Waals surface area contributed by atoms with Gasteiger partial charge in [-0.25, -0.2) is 4.39 Å². The molecule has 2 aromatic rings. The molecule has 16 heavy (non-hydrogen) atoms. The Morgan fingerprint density at radius 2 is 2.25 bits per heavy atom. The van der Waals surface area contributed by atoms with E-state index in [2.05, 4.69) is 10.3 Å². The van der Waals surface area contributed by atoms with E-state index >= 15 is 0 Å². The van der Waals surface area contributed by atoms with E-state index in [-0.39, 0.29) is 11.9 Å². The maximum absolute atomic E-state index is 13.6. The molecule has 2 heterocycles. The molecule has 2 rings (SSSR count). The summed E-state index contributed by atoms with van der Waals surface area (Å²) in [7, 11) is 1.77. The molecule has 0 aliphatic rings. The first-order valence-electron chi connectivity index (χ1n) is 4.75. The molecule has 0 spiro atoms. The zero-order valence-corrected chi connectivity index (χ0v) is 10.1. The molecule has 0 aromatic carbocycles. The molecule has 0 aliphatic carbocycles. The van der Waals surface area contributed by atoms with Gasteiger partial charge in [0.15, 0.2) is 0 Å². The molecule has 0 saturated heterocycles. The van der Waals surface area contributed by atoms with E-state index in [1.807, 2.05) is 6.07 Å². The number of nitrogens with zero attached hydrogens (tertiary/aromatic N) is 1. The molecular formula is C11H10ClFN2S. The fourth-order valence-electron chi connectivity index (χ4n) is 1.51. The third kappa shape index (κ3) is 2.24. The van der Waals surface area contributed by atoms with Crippen molar-refractivity contribution in [3.05, 3.63) is 51.2 Å². The summed E-state index contributed by atoms with van der Waals surface area (Å²) in [6.45, 7) is 0. The molecule has 0 fully saturated rings. The van der Waals surface area contributed by atoms with Crippen molar-refractivity contribution in [2.45, 2.75) is 6.04 Å². The Morgan fingerprint density at radius 3 is 2.81 bits per heavy atom. The van der Waals surface area contributed by atoms with Gasteiger partial charge in [0.25, 0.3) is 0 Å². The minimum Gasteiger partial charge on any atom is -0.307 e. The highest BCUT2D eigenvalue weighted by atomic mass is 35.5. The lowest BCUT2D eigenvalue weighted by molar-refractivity contribution is 0.563. The van der Waals surface area contributed by atoms with E-state index in [0.29, 0.717) is 10.0 Å². The molecule has 2 aromatic heterocycles. The lowest BCUT2D eigenvalue weighted by atomic mass is 10.1. The number of hydrogen-bond donors (Lipinski definition) is 1. The minimum absolute atomic E-state index is 0.251. The molecule has 0 amide bonds. The molecular weight excluding hydrogens is 247 g/mol. The van der Waals surface area contributed by atoms with Crippen LogP contribution >= 0.6 is 22.9 Å². The van der Waals surface area contributed by atoms with E-state index in [1.165, 1.54) is 17.4 Å². The first-order valence-corrected chi connectivity index (χ1v) is 5.94. The van der Waals surface area contributed by atoms with Crippen LogP contribution in [0.3, 0.4) is 0 Å². The number of pyridine rings is 1. The smallest absolute Gasteiger partial charge is 0.146 e. The second-order valence-corrected chi connectivity index (χ2v) is 4.98. The second-order valence-electron chi connectivity index (χ2n) is 3.23. The van der Waals surface area contributed by atoms with Gasteiger partial charge in [0.05, 0.1) is 16.1 Å².